The number of hydrogen-bond acceptors (Lipinski definition) is 9. The standard InChI is InChI=1S/C25H25N5O7/c1-2-35-21-20(24(31)32)28-22(29-23(21)30-9-11-34-12-10-30)15-3-5-16(6-4-15)26-25(33)27-17-7-8-18-19(13-17)37-14-36-18/h3-8,13H,2,9-12,14H2,1H3,(H,31,32)(H2,26,27,33). The number of nitrogens with zero attached hydrogens (tertiary/aromatic N) is 3. The lowest BCUT2D eigenvalue weighted by atomic mass is 10.2. The molecule has 0 spiro atoms. The number of aromatic nitrogens is 2. The van der Waals surface area contributed by atoms with Crippen LogP contribution in [0.3, 0.4) is 0 Å². The van der Waals surface area contributed by atoms with Crippen LogP contribution < -0.4 is 29.7 Å². The molecule has 12 heteroatoms. The number of nitrogens with one attached hydrogen (secondary N) is 2. The quantitative estimate of drug-likeness (QED) is 0.435. The van der Waals surface area contributed by atoms with Crippen LogP contribution in [-0.2, 0) is 4.74 Å². The third-order valence-corrected chi connectivity index (χ3v) is 5.68. The minimum Gasteiger partial charge on any atom is -0.488 e. The Morgan fingerprint density at radius 3 is 2.43 bits per heavy atom. The Bertz CT molecular complexity index is 1310. The molecule has 1 fully saturated rings. The summed E-state index contributed by atoms with van der Waals surface area (Å²) in [7, 11) is 0. The summed E-state index contributed by atoms with van der Waals surface area (Å²) < 4.78 is 21.7. The van der Waals surface area contributed by atoms with Gasteiger partial charge < -0.3 is 39.6 Å². The van der Waals surface area contributed by atoms with Gasteiger partial charge in [-0.2, -0.15) is 0 Å². The number of carboxylic acid groups (broad SMARTS) is 1. The zero-order valence-electron chi connectivity index (χ0n) is 20.0. The summed E-state index contributed by atoms with van der Waals surface area (Å²) in [6.07, 6.45) is 0. The van der Waals surface area contributed by atoms with Crippen LogP contribution in [0, 0.1) is 0 Å². The number of amides is 2. The smallest absolute Gasteiger partial charge is 0.358 e. The van der Waals surface area contributed by atoms with Crippen LogP contribution in [0.2, 0.25) is 0 Å². The van der Waals surface area contributed by atoms with Crippen molar-refractivity contribution >= 4 is 29.2 Å². The van der Waals surface area contributed by atoms with E-state index in [9.17, 15) is 14.7 Å². The second-order valence-corrected chi connectivity index (χ2v) is 8.11. The van der Waals surface area contributed by atoms with Crippen LogP contribution in [0.25, 0.3) is 11.4 Å². The Labute approximate surface area is 212 Å². The molecule has 0 aliphatic carbocycles. The first-order valence-electron chi connectivity index (χ1n) is 11.7. The molecule has 0 bridgehead atoms. The van der Waals surface area contributed by atoms with E-state index < -0.39 is 12.0 Å². The molecule has 0 atom stereocenters. The van der Waals surface area contributed by atoms with Crippen molar-refractivity contribution in [3.8, 4) is 28.6 Å². The van der Waals surface area contributed by atoms with Gasteiger partial charge in [-0.25, -0.2) is 19.6 Å². The number of anilines is 3. The number of rotatable bonds is 7. The van der Waals surface area contributed by atoms with Gasteiger partial charge in [0.1, 0.15) is 0 Å². The lowest BCUT2D eigenvalue weighted by Crippen LogP contribution is -2.37. The molecular formula is C25H25N5O7. The zero-order valence-corrected chi connectivity index (χ0v) is 20.0. The van der Waals surface area contributed by atoms with Crippen molar-refractivity contribution in [3.05, 3.63) is 48.2 Å². The molecule has 192 valence electrons. The molecule has 3 aromatic rings. The molecule has 12 nitrogen and oxygen atoms in total. The number of fused-ring (bicyclic) bond motifs is 1. The molecule has 3 N–H and O–H groups in total. The fraction of sp³-hybridized carbons (Fsp3) is 0.280. The summed E-state index contributed by atoms with van der Waals surface area (Å²) in [4.78, 5) is 35.3. The molecule has 2 aliphatic rings. The van der Waals surface area contributed by atoms with Gasteiger partial charge in [0.25, 0.3) is 0 Å². The number of carbonyl (C=O) groups excluding carboxylic acids is 1. The number of ether oxygens (including phenoxy) is 4. The van der Waals surface area contributed by atoms with E-state index in [0.717, 1.165) is 0 Å². The molecular weight excluding hydrogens is 482 g/mol. The predicted molar refractivity (Wildman–Crippen MR) is 134 cm³/mol. The summed E-state index contributed by atoms with van der Waals surface area (Å²) in [5.41, 5.74) is 1.46. The molecule has 3 heterocycles. The molecule has 1 saturated heterocycles. The lowest BCUT2D eigenvalue weighted by Gasteiger charge is -2.29. The number of carboxylic acids is 1. The maximum atomic E-state index is 12.5. The monoisotopic (exact) mass is 507 g/mol. The molecule has 2 amide bonds. The highest BCUT2D eigenvalue weighted by atomic mass is 16.7. The van der Waals surface area contributed by atoms with Gasteiger partial charge in [-0.3, -0.25) is 0 Å². The van der Waals surface area contributed by atoms with E-state index in [1.165, 1.54) is 0 Å². The first-order chi connectivity index (χ1) is 18.0. The van der Waals surface area contributed by atoms with Gasteiger partial charge in [0.15, 0.2) is 34.6 Å². The summed E-state index contributed by atoms with van der Waals surface area (Å²) in [6, 6.07) is 11.5. The van der Waals surface area contributed by atoms with Crippen molar-refractivity contribution < 1.29 is 33.6 Å². The van der Waals surface area contributed by atoms with E-state index >= 15 is 0 Å². The SMILES string of the molecule is CCOc1c(C(=O)O)nc(-c2ccc(NC(=O)Nc3ccc4c(c3)OCO4)cc2)nc1N1CCOCC1. The Morgan fingerprint density at radius 2 is 1.70 bits per heavy atom. The van der Waals surface area contributed by atoms with Crippen molar-refractivity contribution in [2.45, 2.75) is 6.92 Å². The fourth-order valence-corrected chi connectivity index (χ4v) is 3.95. The maximum absolute atomic E-state index is 12.5. The van der Waals surface area contributed by atoms with E-state index in [2.05, 4.69) is 20.6 Å². The van der Waals surface area contributed by atoms with Crippen LogP contribution in [-0.4, -0.2) is 66.8 Å². The first-order valence-corrected chi connectivity index (χ1v) is 11.7. The molecule has 0 radical (unpaired) electrons. The van der Waals surface area contributed by atoms with Crippen molar-refractivity contribution in [3.63, 3.8) is 0 Å². The minimum atomic E-state index is -1.21. The fourth-order valence-electron chi connectivity index (χ4n) is 3.95. The number of carbonyl (C=O) groups is 2. The summed E-state index contributed by atoms with van der Waals surface area (Å²) >= 11 is 0. The van der Waals surface area contributed by atoms with Crippen LogP contribution >= 0.6 is 0 Å². The number of morpholine rings is 1. The van der Waals surface area contributed by atoms with E-state index in [-0.39, 0.29) is 30.7 Å². The van der Waals surface area contributed by atoms with Crippen LogP contribution in [0.5, 0.6) is 17.2 Å². The van der Waals surface area contributed by atoms with Gasteiger partial charge in [0.2, 0.25) is 6.79 Å². The molecule has 37 heavy (non-hydrogen) atoms. The number of urea groups is 1. The van der Waals surface area contributed by atoms with Gasteiger partial charge >= 0.3 is 12.0 Å². The molecule has 2 aromatic carbocycles. The van der Waals surface area contributed by atoms with Gasteiger partial charge in [-0.05, 0) is 43.3 Å². The molecule has 5 rings (SSSR count). The first kappa shape index (κ1) is 24.1. The van der Waals surface area contributed by atoms with Crippen LogP contribution in [0.1, 0.15) is 17.4 Å². The number of hydrogen-bond donors (Lipinski definition) is 3. The normalized spacial score (nSPS) is 14.2. The minimum absolute atomic E-state index is 0.138. The Balaban J connectivity index is 1.35. The predicted octanol–water partition coefficient (Wildman–Crippen LogP) is 3.45. The Hall–Kier alpha value is -4.58. The average molecular weight is 508 g/mol. The highest BCUT2D eigenvalue weighted by Gasteiger charge is 2.26. The lowest BCUT2D eigenvalue weighted by molar-refractivity contribution is 0.0685. The third kappa shape index (κ3) is 5.33. The zero-order chi connectivity index (χ0) is 25.8. The molecule has 1 aromatic heterocycles. The van der Waals surface area contributed by atoms with Crippen molar-refractivity contribution in [2.75, 3.05) is 55.2 Å². The second kappa shape index (κ2) is 10.6. The van der Waals surface area contributed by atoms with E-state index in [1.807, 2.05) is 4.90 Å². The highest BCUT2D eigenvalue weighted by molar-refractivity contribution is 6.00. The molecule has 2 aliphatic heterocycles. The third-order valence-electron chi connectivity index (χ3n) is 5.68. The van der Waals surface area contributed by atoms with Gasteiger partial charge in [-0.1, -0.05) is 0 Å². The number of aromatic carboxylic acids is 1. The van der Waals surface area contributed by atoms with Gasteiger partial charge in [-0.15, -0.1) is 0 Å². The highest BCUT2D eigenvalue weighted by Crippen LogP contribution is 2.35. The van der Waals surface area contributed by atoms with E-state index in [1.54, 1.807) is 49.4 Å². The van der Waals surface area contributed by atoms with Crippen molar-refractivity contribution in [2.24, 2.45) is 0 Å². The summed E-state index contributed by atoms with van der Waals surface area (Å²) in [5.74, 6) is 0.770. The second-order valence-electron chi connectivity index (χ2n) is 8.11. The van der Waals surface area contributed by atoms with Gasteiger partial charge in [0, 0.05) is 36.1 Å². The Kier molecular flexibility index (Phi) is 6.90. The van der Waals surface area contributed by atoms with Crippen molar-refractivity contribution in [1.29, 1.82) is 0 Å². The maximum Gasteiger partial charge on any atom is 0.358 e. The van der Waals surface area contributed by atoms with Crippen LogP contribution in [0.4, 0.5) is 22.0 Å². The van der Waals surface area contributed by atoms with E-state index in [0.29, 0.717) is 60.6 Å². The Morgan fingerprint density at radius 1 is 1.00 bits per heavy atom. The summed E-state index contributed by atoms with van der Waals surface area (Å²) in [5, 5.41) is 15.3. The van der Waals surface area contributed by atoms with Crippen molar-refractivity contribution in [1.82, 2.24) is 9.97 Å². The number of benzene rings is 2. The van der Waals surface area contributed by atoms with Crippen LogP contribution in [0.15, 0.2) is 42.5 Å². The largest absolute Gasteiger partial charge is 0.488 e. The average Bonchev–Trinajstić information content (AvgIpc) is 3.38. The van der Waals surface area contributed by atoms with E-state index in [4.69, 9.17) is 18.9 Å². The molecule has 0 saturated carbocycles. The molecule has 0 unspecified atom stereocenters. The summed E-state index contributed by atoms with van der Waals surface area (Å²) in [6.45, 7) is 4.31. The van der Waals surface area contributed by atoms with Gasteiger partial charge in [0.05, 0.1) is 19.8 Å². The topological polar surface area (TPSA) is 144 Å².